The van der Waals surface area contributed by atoms with Crippen LogP contribution in [0.15, 0.2) is 36.4 Å². The quantitative estimate of drug-likeness (QED) is 0.263. The Labute approximate surface area is 239 Å². The number of aryl methyl sites for hydroxylation is 2. The fourth-order valence-corrected chi connectivity index (χ4v) is 3.97. The molecule has 40 heavy (non-hydrogen) atoms. The van der Waals surface area contributed by atoms with Crippen LogP contribution >= 0.6 is 0 Å². The Balaban J connectivity index is 0.000000408. The summed E-state index contributed by atoms with van der Waals surface area (Å²) in [6, 6.07) is 10.8. The molecule has 0 amide bonds. The van der Waals surface area contributed by atoms with E-state index in [2.05, 4.69) is 6.07 Å². The molecule has 7 nitrogen and oxygen atoms in total. The van der Waals surface area contributed by atoms with Gasteiger partial charge in [0.25, 0.3) is 0 Å². The first-order valence-corrected chi connectivity index (χ1v) is 13.4. The van der Waals surface area contributed by atoms with E-state index in [-0.39, 0.29) is 35.7 Å². The zero-order valence-corrected chi connectivity index (χ0v) is 26.2. The van der Waals surface area contributed by atoms with Crippen LogP contribution in [0.5, 0.6) is 11.5 Å². The molecule has 220 valence electrons. The number of ether oxygens (including phenoxy) is 3. The molecule has 0 bridgehead atoms. The van der Waals surface area contributed by atoms with Gasteiger partial charge in [-0.15, -0.1) is 0 Å². The van der Waals surface area contributed by atoms with Crippen LogP contribution in [0.25, 0.3) is 0 Å². The molecular formula is C33H46O7. The maximum atomic E-state index is 12.5. The van der Waals surface area contributed by atoms with Crippen LogP contribution in [0.4, 0.5) is 0 Å². The summed E-state index contributed by atoms with van der Waals surface area (Å²) in [5, 5.41) is 0. The van der Waals surface area contributed by atoms with Gasteiger partial charge in [0, 0.05) is 36.7 Å². The van der Waals surface area contributed by atoms with Gasteiger partial charge >= 0.3 is 17.9 Å². The van der Waals surface area contributed by atoms with Gasteiger partial charge in [-0.3, -0.25) is 19.2 Å². The number of esters is 3. The molecule has 0 N–H and O–H groups in total. The standard InChI is InChI=1S/C19H28O3.C14H18O4/c1-12-9-13(2)17(15(10-12)22-14(3)20)19(7,8)11-16(21)18(4,5)6;1-10(15)18-12-7-5-11(6-8-12)9-17-13(16)14(2,3)4/h9-10H,11H2,1-8H3;5-8H,9H2,1-4H3. The lowest BCUT2D eigenvalue weighted by Gasteiger charge is -2.31. The molecule has 2 aromatic rings. The smallest absolute Gasteiger partial charge is 0.311 e. The van der Waals surface area contributed by atoms with E-state index in [0.29, 0.717) is 17.9 Å². The van der Waals surface area contributed by atoms with Crippen molar-refractivity contribution in [1.82, 2.24) is 0 Å². The van der Waals surface area contributed by atoms with E-state index in [0.717, 1.165) is 22.3 Å². The summed E-state index contributed by atoms with van der Waals surface area (Å²) in [7, 11) is 0. The van der Waals surface area contributed by atoms with E-state index in [9.17, 15) is 19.2 Å². The molecule has 0 aromatic heterocycles. The normalized spacial score (nSPS) is 11.6. The lowest BCUT2D eigenvalue weighted by molar-refractivity contribution is -0.154. The van der Waals surface area contributed by atoms with E-state index in [1.54, 1.807) is 45.0 Å². The molecule has 0 saturated heterocycles. The minimum Gasteiger partial charge on any atom is -0.460 e. The molecule has 2 rings (SSSR count). The van der Waals surface area contributed by atoms with Crippen molar-refractivity contribution in [2.24, 2.45) is 10.8 Å². The van der Waals surface area contributed by atoms with Crippen LogP contribution < -0.4 is 9.47 Å². The first-order valence-electron chi connectivity index (χ1n) is 13.4. The molecule has 2 aromatic carbocycles. The number of hydrogen-bond acceptors (Lipinski definition) is 7. The summed E-state index contributed by atoms with van der Waals surface area (Å²) in [5.41, 5.74) is 2.59. The summed E-state index contributed by atoms with van der Waals surface area (Å²) in [4.78, 5) is 46.2. The summed E-state index contributed by atoms with van der Waals surface area (Å²) >= 11 is 0. The van der Waals surface area contributed by atoms with Gasteiger partial charge in [0.15, 0.2) is 0 Å². The van der Waals surface area contributed by atoms with Crippen molar-refractivity contribution >= 4 is 23.7 Å². The summed E-state index contributed by atoms with van der Waals surface area (Å²) in [6.07, 6.45) is 0.411. The number of Topliss-reactive ketones (excluding diaryl/α,β-unsaturated/α-hetero) is 1. The Bertz CT molecular complexity index is 1210. The Kier molecular flexibility index (Phi) is 11.9. The molecule has 0 heterocycles. The SMILES string of the molecule is CC(=O)Oc1cc(C)cc(C)c1C(C)(C)CC(=O)C(C)(C)C.CC(=O)Oc1ccc(COC(=O)C(C)(C)C)cc1. The third-order valence-electron chi connectivity index (χ3n) is 5.98. The predicted octanol–water partition coefficient (Wildman–Crippen LogP) is 7.21. The molecule has 0 aliphatic rings. The van der Waals surface area contributed by atoms with Gasteiger partial charge in [-0.25, -0.2) is 0 Å². The van der Waals surface area contributed by atoms with Crippen LogP contribution in [0.3, 0.4) is 0 Å². The molecule has 0 unspecified atom stereocenters. The van der Waals surface area contributed by atoms with Crippen molar-refractivity contribution < 1.29 is 33.4 Å². The molecule has 0 radical (unpaired) electrons. The average Bonchev–Trinajstić information content (AvgIpc) is 2.75. The maximum absolute atomic E-state index is 12.5. The first kappa shape index (κ1) is 34.5. The van der Waals surface area contributed by atoms with Crippen molar-refractivity contribution in [2.75, 3.05) is 0 Å². The zero-order chi connectivity index (χ0) is 31.1. The predicted molar refractivity (Wildman–Crippen MR) is 156 cm³/mol. The fraction of sp³-hybridized carbons (Fsp3) is 0.515. The van der Waals surface area contributed by atoms with Crippen molar-refractivity contribution in [2.45, 2.75) is 102 Å². The average molecular weight is 555 g/mol. The first-order chi connectivity index (χ1) is 18.1. The minimum atomic E-state index is -0.502. The molecule has 0 fully saturated rings. The second-order valence-electron chi connectivity index (χ2n) is 12.8. The molecule has 7 heteroatoms. The van der Waals surface area contributed by atoms with Crippen molar-refractivity contribution in [3.8, 4) is 11.5 Å². The summed E-state index contributed by atoms with van der Waals surface area (Å²) in [5.74, 6) is 0.300. The molecule has 0 saturated carbocycles. The third-order valence-corrected chi connectivity index (χ3v) is 5.98. The van der Waals surface area contributed by atoms with Crippen molar-refractivity contribution in [3.05, 3.63) is 58.7 Å². The second-order valence-corrected chi connectivity index (χ2v) is 12.8. The fourth-order valence-electron chi connectivity index (χ4n) is 3.97. The zero-order valence-electron chi connectivity index (χ0n) is 26.2. The molecular weight excluding hydrogens is 508 g/mol. The number of carbonyl (C=O) groups excluding carboxylic acids is 4. The number of benzene rings is 2. The highest BCUT2D eigenvalue weighted by Gasteiger charge is 2.33. The number of rotatable bonds is 7. The second kappa shape index (κ2) is 13.7. The Morgan fingerprint density at radius 1 is 0.725 bits per heavy atom. The maximum Gasteiger partial charge on any atom is 0.311 e. The minimum absolute atomic E-state index is 0.200. The Hall–Kier alpha value is -3.48. The van der Waals surface area contributed by atoms with Crippen LogP contribution in [0.1, 0.15) is 97.9 Å². The highest BCUT2D eigenvalue weighted by Crippen LogP contribution is 2.39. The van der Waals surface area contributed by atoms with Crippen LogP contribution in [-0.4, -0.2) is 23.7 Å². The highest BCUT2D eigenvalue weighted by molar-refractivity contribution is 5.85. The van der Waals surface area contributed by atoms with Gasteiger partial charge in [0.1, 0.15) is 23.9 Å². The van der Waals surface area contributed by atoms with E-state index in [1.807, 2.05) is 54.5 Å². The Morgan fingerprint density at radius 2 is 1.25 bits per heavy atom. The number of hydrogen-bond donors (Lipinski definition) is 0. The van der Waals surface area contributed by atoms with Crippen LogP contribution in [-0.2, 0) is 35.9 Å². The molecule has 0 aliphatic heterocycles. The Morgan fingerprint density at radius 3 is 1.70 bits per heavy atom. The van der Waals surface area contributed by atoms with Gasteiger partial charge in [0.05, 0.1) is 5.41 Å². The number of ketones is 1. The largest absolute Gasteiger partial charge is 0.460 e. The van der Waals surface area contributed by atoms with Gasteiger partial charge < -0.3 is 14.2 Å². The van der Waals surface area contributed by atoms with Crippen LogP contribution in [0.2, 0.25) is 0 Å². The van der Waals surface area contributed by atoms with Gasteiger partial charge in [0.2, 0.25) is 0 Å². The third kappa shape index (κ3) is 11.3. The van der Waals surface area contributed by atoms with Crippen molar-refractivity contribution in [1.29, 1.82) is 0 Å². The van der Waals surface area contributed by atoms with Gasteiger partial charge in [-0.05, 0) is 69.5 Å². The molecule has 0 atom stereocenters. The van der Waals surface area contributed by atoms with Gasteiger partial charge in [-0.2, -0.15) is 0 Å². The van der Waals surface area contributed by atoms with Gasteiger partial charge in [-0.1, -0.05) is 52.8 Å². The molecule has 0 spiro atoms. The van der Waals surface area contributed by atoms with E-state index >= 15 is 0 Å². The van der Waals surface area contributed by atoms with E-state index in [4.69, 9.17) is 14.2 Å². The van der Waals surface area contributed by atoms with Crippen LogP contribution in [0, 0.1) is 24.7 Å². The van der Waals surface area contributed by atoms with E-state index < -0.39 is 10.8 Å². The monoisotopic (exact) mass is 554 g/mol. The molecule has 0 aliphatic carbocycles. The van der Waals surface area contributed by atoms with E-state index in [1.165, 1.54) is 13.8 Å². The lowest BCUT2D eigenvalue weighted by atomic mass is 9.73. The highest BCUT2D eigenvalue weighted by atomic mass is 16.5. The summed E-state index contributed by atoms with van der Waals surface area (Å²) < 4.78 is 15.5. The van der Waals surface area contributed by atoms with Crippen molar-refractivity contribution in [3.63, 3.8) is 0 Å². The lowest BCUT2D eigenvalue weighted by Crippen LogP contribution is -2.30. The number of carbonyl (C=O) groups is 4. The topological polar surface area (TPSA) is 96.0 Å². The summed E-state index contributed by atoms with van der Waals surface area (Å²) in [6.45, 7) is 22.2.